The molecule has 2 rings (SSSR count). The summed E-state index contributed by atoms with van der Waals surface area (Å²) in [5, 5.41) is 21.6. The third-order valence-corrected chi connectivity index (χ3v) is 4.58. The number of aromatic hydroxyl groups is 1. The van der Waals surface area contributed by atoms with Crippen molar-refractivity contribution in [3.63, 3.8) is 0 Å². The van der Waals surface area contributed by atoms with E-state index in [9.17, 15) is 20.0 Å². The largest absolute Gasteiger partial charge is 0.506 e. The van der Waals surface area contributed by atoms with E-state index in [2.05, 4.69) is 37.2 Å². The third kappa shape index (κ3) is 5.42. The van der Waals surface area contributed by atoms with Gasteiger partial charge in [-0.3, -0.25) is 4.79 Å². The Morgan fingerprint density at radius 2 is 1.81 bits per heavy atom. The summed E-state index contributed by atoms with van der Waals surface area (Å²) in [6, 6.07) is 11.2. The molecule has 0 aromatic heterocycles. The molecule has 2 aromatic rings. The first-order valence-electron chi connectivity index (χ1n) is 7.74. The smallest absolute Gasteiger partial charge is 0.338 e. The fraction of sp³-hybridized carbons (Fsp3) is 0.105. The number of phenolic OH excluding ortho intramolecular Hbond substituents is 1. The predicted molar refractivity (Wildman–Crippen MR) is 108 cm³/mol. The molecular weight excluding hydrogens is 480 g/mol. The van der Waals surface area contributed by atoms with Crippen molar-refractivity contribution in [2.75, 3.05) is 11.9 Å². The van der Waals surface area contributed by atoms with E-state index in [1.165, 1.54) is 18.2 Å². The fourth-order valence-corrected chi connectivity index (χ4v) is 3.31. The van der Waals surface area contributed by atoms with E-state index in [0.717, 1.165) is 0 Å². The second-order valence-corrected chi connectivity index (χ2v) is 6.96. The Morgan fingerprint density at radius 3 is 2.33 bits per heavy atom. The van der Waals surface area contributed by atoms with Crippen LogP contribution in [0.1, 0.15) is 22.8 Å². The summed E-state index contributed by atoms with van der Waals surface area (Å²) in [6.07, 6.45) is 1.40. The van der Waals surface area contributed by atoms with Crippen molar-refractivity contribution >= 4 is 55.5 Å². The van der Waals surface area contributed by atoms with Gasteiger partial charge in [0.1, 0.15) is 17.4 Å². The first-order valence-corrected chi connectivity index (χ1v) is 9.32. The molecule has 27 heavy (non-hydrogen) atoms. The number of nitrogens with zero attached hydrogens (tertiary/aromatic N) is 1. The van der Waals surface area contributed by atoms with Crippen molar-refractivity contribution < 1.29 is 19.4 Å². The van der Waals surface area contributed by atoms with E-state index in [1.54, 1.807) is 31.2 Å². The lowest BCUT2D eigenvalue weighted by atomic mass is 10.1. The summed E-state index contributed by atoms with van der Waals surface area (Å²) in [6.45, 7) is 1.99. The number of hydrogen-bond acceptors (Lipinski definition) is 5. The monoisotopic (exact) mass is 492 g/mol. The number of anilines is 1. The highest BCUT2D eigenvalue weighted by Gasteiger charge is 2.12. The second-order valence-electron chi connectivity index (χ2n) is 5.25. The van der Waals surface area contributed by atoms with Crippen molar-refractivity contribution in [2.24, 2.45) is 0 Å². The average Bonchev–Trinajstić information content (AvgIpc) is 2.64. The molecule has 0 heterocycles. The van der Waals surface area contributed by atoms with Crippen LogP contribution in [0.25, 0.3) is 6.08 Å². The molecule has 0 aliphatic carbocycles. The van der Waals surface area contributed by atoms with E-state index in [4.69, 9.17) is 4.74 Å². The molecule has 0 aliphatic rings. The van der Waals surface area contributed by atoms with Gasteiger partial charge in [0.25, 0.3) is 5.91 Å². The minimum Gasteiger partial charge on any atom is -0.506 e. The molecule has 0 fully saturated rings. The lowest BCUT2D eigenvalue weighted by Crippen LogP contribution is -2.13. The molecule has 0 saturated heterocycles. The van der Waals surface area contributed by atoms with Crippen LogP contribution in [-0.2, 0) is 9.53 Å². The molecule has 0 saturated carbocycles. The minimum atomic E-state index is -0.596. The summed E-state index contributed by atoms with van der Waals surface area (Å²) >= 11 is 6.40. The molecule has 2 aromatic carbocycles. The average molecular weight is 494 g/mol. The van der Waals surface area contributed by atoms with Crippen LogP contribution in [0.5, 0.6) is 5.75 Å². The number of nitrogens with one attached hydrogen (secondary N) is 1. The van der Waals surface area contributed by atoms with Crippen LogP contribution in [-0.4, -0.2) is 23.6 Å². The molecule has 138 valence electrons. The lowest BCUT2D eigenvalue weighted by Gasteiger charge is -2.07. The van der Waals surface area contributed by atoms with Gasteiger partial charge < -0.3 is 15.2 Å². The Morgan fingerprint density at radius 1 is 1.22 bits per heavy atom. The number of nitriles is 1. The summed E-state index contributed by atoms with van der Waals surface area (Å²) in [5.41, 5.74) is 1.23. The van der Waals surface area contributed by atoms with Crippen molar-refractivity contribution in [1.82, 2.24) is 0 Å². The van der Waals surface area contributed by atoms with Gasteiger partial charge in [-0.2, -0.15) is 5.26 Å². The van der Waals surface area contributed by atoms with Crippen LogP contribution < -0.4 is 5.32 Å². The standard InChI is InChI=1S/C19H14Br2N2O4/c1-2-27-19(26)12-3-5-14(6-4-12)23-18(25)13(10-22)7-11-8-15(20)17(24)16(21)9-11/h3-9,24H,2H2,1H3,(H,23,25)/b13-7+. The van der Waals surface area contributed by atoms with Gasteiger partial charge in [-0.25, -0.2) is 4.79 Å². The topological polar surface area (TPSA) is 99.4 Å². The van der Waals surface area contributed by atoms with E-state index < -0.39 is 11.9 Å². The first kappa shape index (κ1) is 20.7. The molecule has 6 nitrogen and oxygen atoms in total. The number of rotatable bonds is 5. The van der Waals surface area contributed by atoms with Crippen molar-refractivity contribution in [1.29, 1.82) is 5.26 Å². The Balaban J connectivity index is 2.18. The van der Waals surface area contributed by atoms with Crippen LogP contribution in [0, 0.1) is 11.3 Å². The fourth-order valence-electron chi connectivity index (χ4n) is 2.09. The Hall–Kier alpha value is -2.63. The quantitative estimate of drug-likeness (QED) is 0.359. The highest BCUT2D eigenvalue weighted by atomic mass is 79.9. The Bertz CT molecular complexity index is 924. The van der Waals surface area contributed by atoms with Gasteiger partial charge in [0.2, 0.25) is 0 Å². The van der Waals surface area contributed by atoms with Crippen LogP contribution >= 0.6 is 31.9 Å². The SMILES string of the molecule is CCOC(=O)c1ccc(NC(=O)/C(C#N)=C/c2cc(Br)c(O)c(Br)c2)cc1. The summed E-state index contributed by atoms with van der Waals surface area (Å²) in [7, 11) is 0. The molecule has 2 N–H and O–H groups in total. The number of esters is 1. The van der Waals surface area contributed by atoms with Gasteiger partial charge in [-0.05, 0) is 86.8 Å². The van der Waals surface area contributed by atoms with Crippen LogP contribution in [0.2, 0.25) is 0 Å². The second kappa shape index (κ2) is 9.35. The number of halogens is 2. The van der Waals surface area contributed by atoms with Gasteiger partial charge in [0.05, 0.1) is 21.1 Å². The minimum absolute atomic E-state index is 0.0248. The molecule has 0 atom stereocenters. The van der Waals surface area contributed by atoms with E-state index >= 15 is 0 Å². The van der Waals surface area contributed by atoms with Crippen molar-refractivity contribution in [3.05, 3.63) is 62.0 Å². The number of benzene rings is 2. The van der Waals surface area contributed by atoms with Crippen LogP contribution in [0.3, 0.4) is 0 Å². The zero-order chi connectivity index (χ0) is 20.0. The third-order valence-electron chi connectivity index (χ3n) is 3.37. The first-order chi connectivity index (χ1) is 12.8. The lowest BCUT2D eigenvalue weighted by molar-refractivity contribution is -0.112. The highest BCUT2D eigenvalue weighted by Crippen LogP contribution is 2.34. The molecule has 0 radical (unpaired) electrons. The van der Waals surface area contributed by atoms with Crippen molar-refractivity contribution in [3.8, 4) is 11.8 Å². The Kier molecular flexibility index (Phi) is 7.16. The molecule has 0 aliphatic heterocycles. The Labute approximate surface area is 172 Å². The van der Waals surface area contributed by atoms with Crippen LogP contribution in [0.15, 0.2) is 50.9 Å². The summed E-state index contributed by atoms with van der Waals surface area (Å²) in [5.74, 6) is -1.02. The maximum atomic E-state index is 12.3. The zero-order valence-corrected chi connectivity index (χ0v) is 17.3. The molecule has 0 spiro atoms. The zero-order valence-electron chi connectivity index (χ0n) is 14.1. The molecule has 0 unspecified atom stereocenters. The maximum absolute atomic E-state index is 12.3. The number of carbonyl (C=O) groups excluding carboxylic acids is 2. The molecule has 1 amide bonds. The van der Waals surface area contributed by atoms with Gasteiger partial charge in [-0.15, -0.1) is 0 Å². The van der Waals surface area contributed by atoms with Crippen molar-refractivity contribution in [2.45, 2.75) is 6.92 Å². The number of hydrogen-bond donors (Lipinski definition) is 2. The normalized spacial score (nSPS) is 10.8. The molecular formula is C19H14Br2N2O4. The van der Waals surface area contributed by atoms with Gasteiger partial charge in [-0.1, -0.05) is 0 Å². The summed E-state index contributed by atoms with van der Waals surface area (Å²) < 4.78 is 5.75. The molecule has 0 bridgehead atoms. The van der Waals surface area contributed by atoms with Gasteiger partial charge >= 0.3 is 5.97 Å². The van der Waals surface area contributed by atoms with E-state index in [-0.39, 0.29) is 17.9 Å². The highest BCUT2D eigenvalue weighted by molar-refractivity contribution is 9.11. The number of amides is 1. The maximum Gasteiger partial charge on any atom is 0.338 e. The number of carbonyl (C=O) groups is 2. The van der Waals surface area contributed by atoms with E-state index in [0.29, 0.717) is 25.8 Å². The number of phenols is 1. The van der Waals surface area contributed by atoms with Crippen LogP contribution in [0.4, 0.5) is 5.69 Å². The van der Waals surface area contributed by atoms with Gasteiger partial charge in [0, 0.05) is 5.69 Å². The van der Waals surface area contributed by atoms with Gasteiger partial charge in [0.15, 0.2) is 0 Å². The summed E-state index contributed by atoms with van der Waals surface area (Å²) in [4.78, 5) is 24.0. The molecule has 8 heteroatoms. The number of ether oxygens (including phenoxy) is 1. The van der Waals surface area contributed by atoms with E-state index in [1.807, 2.05) is 6.07 Å². The predicted octanol–water partition coefficient (Wildman–Crippen LogP) is 4.64.